The second-order valence-corrected chi connectivity index (χ2v) is 9.62. The first-order chi connectivity index (χ1) is 15.7. The molecule has 6 heteroatoms. The lowest BCUT2D eigenvalue weighted by Crippen LogP contribution is -2.27. The van der Waals surface area contributed by atoms with Gasteiger partial charge in [-0.15, -0.1) is 23.2 Å². The number of benzene rings is 1. The Hall–Kier alpha value is -0.970. The SMILES string of the molecule is CCCCCCC(CCCNCCCC)c1nc2cc(N(CCCl)CCCl)ccc2n1C. The van der Waals surface area contributed by atoms with E-state index in [-0.39, 0.29) is 0 Å². The Labute approximate surface area is 206 Å². The van der Waals surface area contributed by atoms with E-state index >= 15 is 0 Å². The van der Waals surface area contributed by atoms with Crippen molar-refractivity contribution in [3.63, 3.8) is 0 Å². The van der Waals surface area contributed by atoms with Crippen LogP contribution in [0.1, 0.15) is 83.4 Å². The standard InChI is InChI=1S/C26H44Cl2N4/c1-4-6-8-9-11-22(12-10-18-29-17-7-5-2)26-30-24-21-23(13-14-25(24)31(26)3)32(19-15-27)20-16-28/h13-14,21-22,29H,4-12,15-20H2,1-3H3. The largest absolute Gasteiger partial charge is 0.369 e. The molecule has 4 nitrogen and oxygen atoms in total. The predicted octanol–water partition coefficient (Wildman–Crippen LogP) is 7.08. The van der Waals surface area contributed by atoms with Gasteiger partial charge in [0.2, 0.25) is 0 Å². The minimum atomic E-state index is 0.516. The number of nitrogens with one attached hydrogen (secondary N) is 1. The maximum atomic E-state index is 6.02. The third kappa shape index (κ3) is 8.43. The average molecular weight is 484 g/mol. The smallest absolute Gasteiger partial charge is 0.112 e. The Kier molecular flexibility index (Phi) is 13.5. The molecule has 0 fully saturated rings. The molecule has 1 heterocycles. The van der Waals surface area contributed by atoms with Crippen LogP contribution in [0.2, 0.25) is 0 Å². The highest BCUT2D eigenvalue weighted by molar-refractivity contribution is 6.18. The molecule has 32 heavy (non-hydrogen) atoms. The zero-order valence-electron chi connectivity index (χ0n) is 20.5. The normalized spacial score (nSPS) is 12.5. The van der Waals surface area contributed by atoms with Crippen LogP contribution in [0.15, 0.2) is 18.2 Å². The lowest BCUT2D eigenvalue weighted by atomic mass is 9.95. The van der Waals surface area contributed by atoms with E-state index in [4.69, 9.17) is 28.2 Å². The molecule has 1 aromatic heterocycles. The Bertz CT molecular complexity index is 756. The fourth-order valence-corrected chi connectivity index (χ4v) is 4.87. The number of fused-ring (bicyclic) bond motifs is 1. The van der Waals surface area contributed by atoms with E-state index in [9.17, 15) is 0 Å². The van der Waals surface area contributed by atoms with E-state index in [0.717, 1.165) is 37.4 Å². The molecule has 1 aromatic carbocycles. The summed E-state index contributed by atoms with van der Waals surface area (Å²) in [7, 11) is 2.18. The molecule has 2 rings (SSSR count). The zero-order valence-corrected chi connectivity index (χ0v) is 22.0. The fourth-order valence-electron chi connectivity index (χ4n) is 4.46. The zero-order chi connectivity index (χ0) is 23.2. The first-order valence-electron chi connectivity index (χ1n) is 12.7. The molecule has 0 aliphatic rings. The minimum Gasteiger partial charge on any atom is -0.369 e. The molecule has 1 N–H and O–H groups in total. The summed E-state index contributed by atoms with van der Waals surface area (Å²) in [5.74, 6) is 2.94. The van der Waals surface area contributed by atoms with Crippen LogP contribution in [0, 0.1) is 0 Å². The Balaban J connectivity index is 2.17. The lowest BCUT2D eigenvalue weighted by Gasteiger charge is -2.22. The number of alkyl halides is 2. The summed E-state index contributed by atoms with van der Waals surface area (Å²) in [6.07, 6.45) is 11.4. The molecule has 0 amide bonds. The Morgan fingerprint density at radius 3 is 2.31 bits per heavy atom. The highest BCUT2D eigenvalue weighted by Crippen LogP contribution is 2.31. The molecule has 0 aliphatic carbocycles. The minimum absolute atomic E-state index is 0.516. The summed E-state index contributed by atoms with van der Waals surface area (Å²) in [5, 5.41) is 3.60. The van der Waals surface area contributed by atoms with E-state index < -0.39 is 0 Å². The van der Waals surface area contributed by atoms with Gasteiger partial charge in [0.1, 0.15) is 5.82 Å². The second-order valence-electron chi connectivity index (χ2n) is 8.86. The van der Waals surface area contributed by atoms with Gasteiger partial charge >= 0.3 is 0 Å². The van der Waals surface area contributed by atoms with E-state index in [0.29, 0.717) is 17.7 Å². The average Bonchev–Trinajstić information content (AvgIpc) is 3.13. The van der Waals surface area contributed by atoms with Crippen molar-refractivity contribution in [1.29, 1.82) is 0 Å². The van der Waals surface area contributed by atoms with Crippen molar-refractivity contribution in [3.05, 3.63) is 24.0 Å². The van der Waals surface area contributed by atoms with Gasteiger partial charge in [-0.3, -0.25) is 0 Å². The number of hydrogen-bond acceptors (Lipinski definition) is 3. The van der Waals surface area contributed by atoms with Crippen LogP contribution in [-0.4, -0.2) is 47.5 Å². The number of nitrogens with zero attached hydrogens (tertiary/aromatic N) is 3. The first-order valence-corrected chi connectivity index (χ1v) is 13.8. The molecule has 0 aliphatic heterocycles. The highest BCUT2D eigenvalue weighted by Gasteiger charge is 2.19. The topological polar surface area (TPSA) is 33.1 Å². The van der Waals surface area contributed by atoms with Crippen molar-refractivity contribution >= 4 is 39.9 Å². The van der Waals surface area contributed by atoms with Gasteiger partial charge in [-0.2, -0.15) is 0 Å². The number of rotatable bonds is 18. The van der Waals surface area contributed by atoms with Gasteiger partial charge in [0, 0.05) is 43.5 Å². The highest BCUT2D eigenvalue weighted by atomic mass is 35.5. The molecular weight excluding hydrogens is 439 g/mol. The van der Waals surface area contributed by atoms with Gasteiger partial charge in [0.25, 0.3) is 0 Å². The lowest BCUT2D eigenvalue weighted by molar-refractivity contribution is 0.473. The molecule has 1 unspecified atom stereocenters. The fraction of sp³-hybridized carbons (Fsp3) is 0.731. The Morgan fingerprint density at radius 1 is 0.938 bits per heavy atom. The third-order valence-electron chi connectivity index (χ3n) is 6.36. The van der Waals surface area contributed by atoms with Crippen molar-refractivity contribution in [1.82, 2.24) is 14.9 Å². The van der Waals surface area contributed by atoms with E-state index in [1.807, 2.05) is 0 Å². The summed E-state index contributed by atoms with van der Waals surface area (Å²) in [4.78, 5) is 7.40. The van der Waals surface area contributed by atoms with Gasteiger partial charge in [-0.25, -0.2) is 4.98 Å². The molecular formula is C26H44Cl2N4. The van der Waals surface area contributed by atoms with Crippen LogP contribution < -0.4 is 10.2 Å². The predicted molar refractivity (Wildman–Crippen MR) is 143 cm³/mol. The summed E-state index contributed by atoms with van der Waals surface area (Å²) >= 11 is 12.0. The monoisotopic (exact) mass is 482 g/mol. The number of hydrogen-bond donors (Lipinski definition) is 1. The molecule has 0 spiro atoms. The van der Waals surface area contributed by atoms with Crippen molar-refractivity contribution in [2.75, 3.05) is 42.8 Å². The van der Waals surface area contributed by atoms with Gasteiger partial charge in [0.15, 0.2) is 0 Å². The second kappa shape index (κ2) is 15.8. The number of imidazole rings is 1. The molecule has 1 atom stereocenters. The molecule has 2 aromatic rings. The van der Waals surface area contributed by atoms with Crippen molar-refractivity contribution in [2.45, 2.75) is 77.6 Å². The van der Waals surface area contributed by atoms with E-state index in [1.54, 1.807) is 0 Å². The van der Waals surface area contributed by atoms with Gasteiger partial charge < -0.3 is 14.8 Å². The molecule has 0 bridgehead atoms. The number of aryl methyl sites for hydroxylation is 1. The van der Waals surface area contributed by atoms with E-state index in [1.165, 1.54) is 69.1 Å². The number of aromatic nitrogens is 2. The molecule has 0 radical (unpaired) electrons. The third-order valence-corrected chi connectivity index (χ3v) is 6.70. The summed E-state index contributed by atoms with van der Waals surface area (Å²) in [5.41, 5.74) is 3.44. The van der Waals surface area contributed by atoms with Gasteiger partial charge in [-0.05, 0) is 57.0 Å². The summed E-state index contributed by atoms with van der Waals surface area (Å²) < 4.78 is 2.32. The first kappa shape index (κ1) is 27.3. The molecule has 0 saturated carbocycles. The molecule has 0 saturated heterocycles. The van der Waals surface area contributed by atoms with Crippen LogP contribution >= 0.6 is 23.2 Å². The maximum Gasteiger partial charge on any atom is 0.112 e. The quantitative estimate of drug-likeness (QED) is 0.182. The summed E-state index contributed by atoms with van der Waals surface area (Å²) in [6.45, 7) is 8.35. The van der Waals surface area contributed by atoms with Gasteiger partial charge in [0.05, 0.1) is 11.0 Å². The van der Waals surface area contributed by atoms with Crippen LogP contribution in [0.4, 0.5) is 5.69 Å². The van der Waals surface area contributed by atoms with Crippen LogP contribution in [0.5, 0.6) is 0 Å². The van der Waals surface area contributed by atoms with Crippen molar-refractivity contribution in [3.8, 4) is 0 Å². The number of anilines is 1. The number of unbranched alkanes of at least 4 members (excludes halogenated alkanes) is 4. The van der Waals surface area contributed by atoms with Crippen molar-refractivity contribution < 1.29 is 0 Å². The van der Waals surface area contributed by atoms with Gasteiger partial charge in [-0.1, -0.05) is 46.0 Å². The summed E-state index contributed by atoms with van der Waals surface area (Å²) in [6, 6.07) is 6.59. The van der Waals surface area contributed by atoms with Crippen LogP contribution in [0.3, 0.4) is 0 Å². The number of halogens is 2. The van der Waals surface area contributed by atoms with E-state index in [2.05, 4.69) is 53.9 Å². The van der Waals surface area contributed by atoms with Crippen molar-refractivity contribution in [2.24, 2.45) is 7.05 Å². The maximum absolute atomic E-state index is 6.02. The van der Waals surface area contributed by atoms with Crippen LogP contribution in [0.25, 0.3) is 11.0 Å². The van der Waals surface area contributed by atoms with Crippen LogP contribution in [-0.2, 0) is 7.05 Å². The molecule has 182 valence electrons. The Morgan fingerprint density at radius 2 is 1.62 bits per heavy atom.